The van der Waals surface area contributed by atoms with Gasteiger partial charge in [-0.3, -0.25) is 0 Å². The molecular weight excluding hydrogens is 172 g/mol. The van der Waals surface area contributed by atoms with Gasteiger partial charge in [-0.1, -0.05) is 0 Å². The number of rotatable bonds is 4. The smallest absolute Gasteiger partial charge is 0.166 e. The summed E-state index contributed by atoms with van der Waals surface area (Å²) in [6.07, 6.45) is 2.50. The van der Waals surface area contributed by atoms with Crippen LogP contribution in [0.25, 0.3) is 0 Å². The molecule has 70 valence electrons. The maximum absolute atomic E-state index is 5.08. The fourth-order valence-corrected chi connectivity index (χ4v) is 1.34. The fourth-order valence-electron chi connectivity index (χ4n) is 0.970. The molecule has 0 aromatic heterocycles. The van der Waals surface area contributed by atoms with Crippen LogP contribution in [0, 0.1) is 0 Å². The average Bonchev–Trinajstić information content (AvgIpc) is 2.71. The van der Waals surface area contributed by atoms with Gasteiger partial charge >= 0.3 is 0 Å². The van der Waals surface area contributed by atoms with Crippen molar-refractivity contribution in [1.29, 1.82) is 0 Å². The molecule has 1 saturated carbocycles. The Balaban J connectivity index is 2.06. The first-order valence-electron chi connectivity index (χ1n) is 4.28. The van der Waals surface area contributed by atoms with Crippen molar-refractivity contribution in [1.82, 2.24) is 10.6 Å². The highest BCUT2D eigenvalue weighted by atomic mass is 32.1. The molecule has 0 bridgehead atoms. The Morgan fingerprint density at radius 2 is 2.33 bits per heavy atom. The van der Waals surface area contributed by atoms with Gasteiger partial charge in [0.05, 0.1) is 6.61 Å². The summed E-state index contributed by atoms with van der Waals surface area (Å²) in [5.41, 5.74) is 0. The molecule has 0 spiro atoms. The lowest BCUT2D eigenvalue weighted by molar-refractivity contribution is 0.179. The Morgan fingerprint density at radius 3 is 2.83 bits per heavy atom. The molecule has 0 radical (unpaired) electrons. The standard InChI is InChI=1S/C8H16N2OS/c1-6(5-11-2)9-8(12)10-7-3-4-7/h6-7H,3-5H2,1-2H3,(H2,9,10,12). The zero-order valence-corrected chi connectivity index (χ0v) is 8.41. The normalized spacial score (nSPS) is 18.5. The van der Waals surface area contributed by atoms with Crippen molar-refractivity contribution in [3.8, 4) is 0 Å². The van der Waals surface area contributed by atoms with Crippen LogP contribution in [-0.2, 0) is 4.74 Å². The van der Waals surface area contributed by atoms with Gasteiger partial charge in [0.25, 0.3) is 0 Å². The van der Waals surface area contributed by atoms with Crippen LogP contribution in [-0.4, -0.2) is 30.9 Å². The van der Waals surface area contributed by atoms with Gasteiger partial charge in [0.2, 0.25) is 0 Å². The average molecular weight is 188 g/mol. The molecule has 0 aromatic rings. The minimum atomic E-state index is 0.286. The van der Waals surface area contributed by atoms with Crippen molar-refractivity contribution in [3.05, 3.63) is 0 Å². The number of methoxy groups -OCH3 is 1. The van der Waals surface area contributed by atoms with Gasteiger partial charge in [0.15, 0.2) is 5.11 Å². The third-order valence-electron chi connectivity index (χ3n) is 1.71. The zero-order chi connectivity index (χ0) is 8.97. The minimum Gasteiger partial charge on any atom is -0.383 e. The lowest BCUT2D eigenvalue weighted by Crippen LogP contribution is -2.43. The second kappa shape index (κ2) is 4.62. The molecule has 0 heterocycles. The summed E-state index contributed by atoms with van der Waals surface area (Å²) in [5.74, 6) is 0. The third-order valence-corrected chi connectivity index (χ3v) is 1.94. The highest BCUT2D eigenvalue weighted by Gasteiger charge is 2.21. The summed E-state index contributed by atoms with van der Waals surface area (Å²) >= 11 is 5.08. The van der Waals surface area contributed by atoms with Crippen molar-refractivity contribution in [3.63, 3.8) is 0 Å². The van der Waals surface area contributed by atoms with Gasteiger partial charge in [0.1, 0.15) is 0 Å². The van der Waals surface area contributed by atoms with E-state index in [1.54, 1.807) is 7.11 Å². The van der Waals surface area contributed by atoms with Crippen LogP contribution in [0.2, 0.25) is 0 Å². The van der Waals surface area contributed by atoms with E-state index in [-0.39, 0.29) is 6.04 Å². The molecule has 12 heavy (non-hydrogen) atoms. The topological polar surface area (TPSA) is 33.3 Å². The first-order valence-corrected chi connectivity index (χ1v) is 4.69. The maximum atomic E-state index is 5.08. The lowest BCUT2D eigenvalue weighted by atomic mass is 10.4. The molecule has 1 fully saturated rings. The van der Waals surface area contributed by atoms with Gasteiger partial charge in [0, 0.05) is 19.2 Å². The van der Waals surface area contributed by atoms with E-state index in [9.17, 15) is 0 Å². The molecular formula is C8H16N2OS. The van der Waals surface area contributed by atoms with E-state index in [4.69, 9.17) is 17.0 Å². The van der Waals surface area contributed by atoms with Crippen molar-refractivity contribution < 1.29 is 4.74 Å². The fraction of sp³-hybridized carbons (Fsp3) is 0.875. The largest absolute Gasteiger partial charge is 0.383 e. The molecule has 1 rings (SSSR count). The first-order chi connectivity index (χ1) is 5.72. The van der Waals surface area contributed by atoms with E-state index < -0.39 is 0 Å². The van der Waals surface area contributed by atoms with Crippen LogP contribution in [0.3, 0.4) is 0 Å². The highest BCUT2D eigenvalue weighted by molar-refractivity contribution is 7.80. The summed E-state index contributed by atoms with van der Waals surface area (Å²) < 4.78 is 4.98. The molecule has 3 nitrogen and oxygen atoms in total. The Morgan fingerprint density at radius 1 is 1.67 bits per heavy atom. The first kappa shape index (κ1) is 9.74. The predicted octanol–water partition coefficient (Wildman–Crippen LogP) is 0.648. The number of hydrogen-bond acceptors (Lipinski definition) is 2. The molecule has 1 aliphatic carbocycles. The molecule has 1 atom stereocenters. The van der Waals surface area contributed by atoms with Gasteiger partial charge in [-0.05, 0) is 32.0 Å². The Labute approximate surface area is 78.9 Å². The predicted molar refractivity (Wildman–Crippen MR) is 53.2 cm³/mol. The van der Waals surface area contributed by atoms with Crippen LogP contribution >= 0.6 is 12.2 Å². The number of thiocarbonyl (C=S) groups is 1. The van der Waals surface area contributed by atoms with Gasteiger partial charge in [-0.2, -0.15) is 0 Å². The Hall–Kier alpha value is -0.350. The number of nitrogens with one attached hydrogen (secondary N) is 2. The van der Waals surface area contributed by atoms with E-state index in [2.05, 4.69) is 10.6 Å². The lowest BCUT2D eigenvalue weighted by Gasteiger charge is -2.15. The molecule has 0 amide bonds. The van der Waals surface area contributed by atoms with Gasteiger partial charge in [-0.15, -0.1) is 0 Å². The number of ether oxygens (including phenoxy) is 1. The zero-order valence-electron chi connectivity index (χ0n) is 7.59. The van der Waals surface area contributed by atoms with E-state index in [1.807, 2.05) is 6.92 Å². The van der Waals surface area contributed by atoms with Crippen LogP contribution < -0.4 is 10.6 Å². The van der Waals surface area contributed by atoms with Crippen molar-refractivity contribution >= 4 is 17.3 Å². The van der Waals surface area contributed by atoms with E-state index in [0.29, 0.717) is 12.6 Å². The highest BCUT2D eigenvalue weighted by Crippen LogP contribution is 2.18. The number of hydrogen-bond donors (Lipinski definition) is 2. The molecule has 1 aliphatic rings. The SMILES string of the molecule is COCC(C)NC(=S)NC1CC1. The second-order valence-electron chi connectivity index (χ2n) is 3.25. The van der Waals surface area contributed by atoms with Crippen LogP contribution in [0.5, 0.6) is 0 Å². The second-order valence-corrected chi connectivity index (χ2v) is 3.66. The third kappa shape index (κ3) is 3.88. The molecule has 1 unspecified atom stereocenters. The van der Waals surface area contributed by atoms with Crippen LogP contribution in [0.15, 0.2) is 0 Å². The van der Waals surface area contributed by atoms with Crippen LogP contribution in [0.1, 0.15) is 19.8 Å². The van der Waals surface area contributed by atoms with E-state index in [1.165, 1.54) is 12.8 Å². The molecule has 2 N–H and O–H groups in total. The van der Waals surface area contributed by atoms with Gasteiger partial charge in [-0.25, -0.2) is 0 Å². The molecule has 0 aromatic carbocycles. The maximum Gasteiger partial charge on any atom is 0.166 e. The summed E-state index contributed by atoms with van der Waals surface area (Å²) in [7, 11) is 1.69. The minimum absolute atomic E-state index is 0.286. The van der Waals surface area contributed by atoms with Crippen molar-refractivity contribution in [2.45, 2.75) is 31.8 Å². The van der Waals surface area contributed by atoms with Crippen molar-refractivity contribution in [2.75, 3.05) is 13.7 Å². The summed E-state index contributed by atoms with van der Waals surface area (Å²) in [6, 6.07) is 0.911. The monoisotopic (exact) mass is 188 g/mol. The quantitative estimate of drug-likeness (QED) is 0.635. The molecule has 0 aliphatic heterocycles. The molecule has 4 heteroatoms. The summed E-state index contributed by atoms with van der Waals surface area (Å²) in [5, 5.41) is 7.11. The van der Waals surface area contributed by atoms with E-state index >= 15 is 0 Å². The van der Waals surface area contributed by atoms with E-state index in [0.717, 1.165) is 5.11 Å². The molecule has 0 saturated heterocycles. The summed E-state index contributed by atoms with van der Waals surface area (Å²) in [4.78, 5) is 0. The summed E-state index contributed by atoms with van der Waals surface area (Å²) in [6.45, 7) is 2.73. The Bertz CT molecular complexity index is 159. The Kier molecular flexibility index (Phi) is 3.75. The van der Waals surface area contributed by atoms with Gasteiger partial charge < -0.3 is 15.4 Å². The van der Waals surface area contributed by atoms with Crippen LogP contribution in [0.4, 0.5) is 0 Å². The van der Waals surface area contributed by atoms with Crippen molar-refractivity contribution in [2.24, 2.45) is 0 Å².